The van der Waals surface area contributed by atoms with Gasteiger partial charge >= 0.3 is 0 Å². The molecule has 21 heavy (non-hydrogen) atoms. The second kappa shape index (κ2) is 4.86. The first-order valence-corrected chi connectivity index (χ1v) is 7.78. The number of hydrogen-bond acceptors (Lipinski definition) is 2. The summed E-state index contributed by atoms with van der Waals surface area (Å²) in [5.41, 5.74) is 4.67. The van der Waals surface area contributed by atoms with Gasteiger partial charge in [-0.1, -0.05) is 48.0 Å². The second-order valence-corrected chi connectivity index (χ2v) is 5.96. The number of para-hydroxylation sites is 1. The maximum atomic E-state index is 4.78. The monoisotopic (exact) mass is 290 g/mol. The molecule has 0 aliphatic carbocycles. The lowest BCUT2D eigenvalue weighted by Crippen LogP contribution is -1.90. The molecule has 0 saturated carbocycles. The summed E-state index contributed by atoms with van der Waals surface area (Å²) in [6, 6.07) is 19.0. The molecule has 0 radical (unpaired) electrons. The number of benzene rings is 2. The summed E-state index contributed by atoms with van der Waals surface area (Å²) in [5.74, 6) is 0. The number of nitrogens with zero attached hydrogens (tertiary/aromatic N) is 2. The third-order valence-electron chi connectivity index (χ3n) is 3.64. The molecule has 4 rings (SSSR count). The molecule has 0 bridgehead atoms. The van der Waals surface area contributed by atoms with Crippen molar-refractivity contribution in [3.05, 3.63) is 71.7 Å². The Morgan fingerprint density at radius 1 is 0.952 bits per heavy atom. The predicted molar refractivity (Wildman–Crippen MR) is 89.1 cm³/mol. The molecule has 0 aliphatic rings. The van der Waals surface area contributed by atoms with Gasteiger partial charge in [0.15, 0.2) is 5.13 Å². The Labute approximate surface area is 127 Å². The lowest BCUT2D eigenvalue weighted by atomic mass is 10.1. The van der Waals surface area contributed by atoms with E-state index < -0.39 is 0 Å². The fraction of sp³-hybridized carbons (Fsp3) is 0.0556. The largest absolute Gasteiger partial charge is 0.293 e. The van der Waals surface area contributed by atoms with E-state index in [0.717, 1.165) is 10.8 Å². The third kappa shape index (κ3) is 2.16. The summed E-state index contributed by atoms with van der Waals surface area (Å²) >= 11 is 1.67. The second-order valence-electron chi connectivity index (χ2n) is 5.13. The molecule has 0 unspecified atom stereocenters. The van der Waals surface area contributed by atoms with E-state index in [0.29, 0.717) is 0 Å². The number of rotatable bonds is 2. The highest BCUT2D eigenvalue weighted by molar-refractivity contribution is 7.12. The van der Waals surface area contributed by atoms with E-state index in [9.17, 15) is 0 Å². The fourth-order valence-electron chi connectivity index (χ4n) is 2.48. The van der Waals surface area contributed by atoms with Gasteiger partial charge in [0.25, 0.3) is 0 Å². The fourth-order valence-corrected chi connectivity index (χ4v) is 3.31. The summed E-state index contributed by atoms with van der Waals surface area (Å²) in [6.45, 7) is 2.10. The van der Waals surface area contributed by atoms with Gasteiger partial charge in [0.05, 0.1) is 11.2 Å². The highest BCUT2D eigenvalue weighted by Gasteiger charge is 2.08. The lowest BCUT2D eigenvalue weighted by Gasteiger charge is -2.00. The van der Waals surface area contributed by atoms with Gasteiger partial charge in [0.1, 0.15) is 0 Å². The Balaban J connectivity index is 1.79. The van der Waals surface area contributed by atoms with E-state index in [2.05, 4.69) is 77.7 Å². The predicted octanol–water partition coefficient (Wildman–Crippen LogP) is 5.06. The Morgan fingerprint density at radius 2 is 1.76 bits per heavy atom. The van der Waals surface area contributed by atoms with E-state index in [-0.39, 0.29) is 0 Å². The molecule has 2 heterocycles. The first-order valence-electron chi connectivity index (χ1n) is 6.90. The van der Waals surface area contributed by atoms with Crippen LogP contribution >= 0.6 is 11.3 Å². The van der Waals surface area contributed by atoms with E-state index in [1.165, 1.54) is 22.0 Å². The molecule has 0 saturated heterocycles. The standard InChI is InChI=1S/C18H14N2S/c1-13-6-8-14(9-7-13)16-12-21-18(19-16)20-11-10-15-4-2-3-5-17(15)20/h2-12H,1H3. The quantitative estimate of drug-likeness (QED) is 0.504. The zero-order chi connectivity index (χ0) is 14.2. The van der Waals surface area contributed by atoms with Crippen LogP contribution in [0.15, 0.2) is 66.2 Å². The summed E-state index contributed by atoms with van der Waals surface area (Å²) < 4.78 is 2.15. The van der Waals surface area contributed by atoms with Crippen molar-refractivity contribution in [2.45, 2.75) is 6.92 Å². The van der Waals surface area contributed by atoms with Crippen molar-refractivity contribution in [2.24, 2.45) is 0 Å². The first kappa shape index (κ1) is 12.4. The molecule has 102 valence electrons. The Hall–Kier alpha value is -2.39. The van der Waals surface area contributed by atoms with Crippen molar-refractivity contribution in [3.63, 3.8) is 0 Å². The number of aryl methyl sites for hydroxylation is 1. The van der Waals surface area contributed by atoms with Crippen LogP contribution in [0.4, 0.5) is 0 Å². The van der Waals surface area contributed by atoms with Crippen molar-refractivity contribution in [3.8, 4) is 16.4 Å². The van der Waals surface area contributed by atoms with Gasteiger partial charge in [0, 0.05) is 22.5 Å². The Bertz CT molecular complexity index is 900. The van der Waals surface area contributed by atoms with Crippen LogP contribution in [0.5, 0.6) is 0 Å². The molecule has 0 atom stereocenters. The minimum atomic E-state index is 1.01. The van der Waals surface area contributed by atoms with Gasteiger partial charge in [-0.25, -0.2) is 4.98 Å². The molecule has 0 N–H and O–H groups in total. The van der Waals surface area contributed by atoms with Crippen LogP contribution in [0.25, 0.3) is 27.3 Å². The molecule has 2 aromatic carbocycles. The Kier molecular flexibility index (Phi) is 2.86. The van der Waals surface area contributed by atoms with Gasteiger partial charge in [-0.15, -0.1) is 11.3 Å². The third-order valence-corrected chi connectivity index (χ3v) is 4.48. The molecule has 0 fully saturated rings. The minimum absolute atomic E-state index is 1.01. The minimum Gasteiger partial charge on any atom is -0.293 e. The van der Waals surface area contributed by atoms with Gasteiger partial charge < -0.3 is 0 Å². The molecule has 3 heteroatoms. The average Bonchev–Trinajstić information content (AvgIpc) is 3.14. The van der Waals surface area contributed by atoms with Crippen LogP contribution in [0.1, 0.15) is 5.56 Å². The van der Waals surface area contributed by atoms with Crippen LogP contribution in [0.2, 0.25) is 0 Å². The zero-order valence-electron chi connectivity index (χ0n) is 11.7. The van der Waals surface area contributed by atoms with Crippen LogP contribution in [-0.2, 0) is 0 Å². The van der Waals surface area contributed by atoms with Crippen molar-refractivity contribution < 1.29 is 0 Å². The molecule has 0 amide bonds. The topological polar surface area (TPSA) is 17.8 Å². The van der Waals surface area contributed by atoms with E-state index in [1.807, 2.05) is 0 Å². The SMILES string of the molecule is Cc1ccc(-c2csc(-n3ccc4ccccc43)n2)cc1. The molecular weight excluding hydrogens is 276 g/mol. The summed E-state index contributed by atoms with van der Waals surface area (Å²) in [6.07, 6.45) is 2.09. The molecule has 0 spiro atoms. The van der Waals surface area contributed by atoms with Crippen LogP contribution in [-0.4, -0.2) is 9.55 Å². The molecule has 2 nitrogen and oxygen atoms in total. The maximum Gasteiger partial charge on any atom is 0.194 e. The highest BCUT2D eigenvalue weighted by atomic mass is 32.1. The first-order chi connectivity index (χ1) is 10.3. The van der Waals surface area contributed by atoms with E-state index >= 15 is 0 Å². The molecular formula is C18H14N2S. The van der Waals surface area contributed by atoms with Gasteiger partial charge in [-0.3, -0.25) is 4.57 Å². The summed E-state index contributed by atoms with van der Waals surface area (Å²) in [7, 11) is 0. The number of aromatic nitrogens is 2. The lowest BCUT2D eigenvalue weighted by molar-refractivity contribution is 1.09. The highest BCUT2D eigenvalue weighted by Crippen LogP contribution is 2.27. The zero-order valence-corrected chi connectivity index (χ0v) is 12.5. The van der Waals surface area contributed by atoms with Crippen LogP contribution < -0.4 is 0 Å². The average molecular weight is 290 g/mol. The van der Waals surface area contributed by atoms with E-state index in [4.69, 9.17) is 4.98 Å². The smallest absolute Gasteiger partial charge is 0.194 e. The van der Waals surface area contributed by atoms with Crippen molar-refractivity contribution in [2.75, 3.05) is 0 Å². The van der Waals surface area contributed by atoms with Crippen molar-refractivity contribution in [1.29, 1.82) is 0 Å². The molecule has 0 aliphatic heterocycles. The number of hydrogen-bond donors (Lipinski definition) is 0. The van der Waals surface area contributed by atoms with Crippen LogP contribution in [0.3, 0.4) is 0 Å². The van der Waals surface area contributed by atoms with Crippen molar-refractivity contribution >= 4 is 22.2 Å². The normalized spacial score (nSPS) is 11.1. The maximum absolute atomic E-state index is 4.78. The van der Waals surface area contributed by atoms with Gasteiger partial charge in [-0.05, 0) is 19.1 Å². The van der Waals surface area contributed by atoms with Crippen molar-refractivity contribution in [1.82, 2.24) is 9.55 Å². The Morgan fingerprint density at radius 3 is 2.62 bits per heavy atom. The van der Waals surface area contributed by atoms with Gasteiger partial charge in [0.2, 0.25) is 0 Å². The van der Waals surface area contributed by atoms with E-state index in [1.54, 1.807) is 11.3 Å². The van der Waals surface area contributed by atoms with Gasteiger partial charge in [-0.2, -0.15) is 0 Å². The summed E-state index contributed by atoms with van der Waals surface area (Å²) in [5, 5.41) is 4.37. The number of thiazole rings is 1. The van der Waals surface area contributed by atoms with Crippen LogP contribution in [0, 0.1) is 6.92 Å². The summed E-state index contributed by atoms with van der Waals surface area (Å²) in [4.78, 5) is 4.78. The molecule has 4 aromatic rings. The molecule has 2 aromatic heterocycles. The number of fused-ring (bicyclic) bond motifs is 1.